The Kier molecular flexibility index (Phi) is 7.35. The second kappa shape index (κ2) is 9.72. The largest absolute Gasteiger partial charge is 0.467 e. The van der Waals surface area contributed by atoms with Crippen LogP contribution in [0, 0.1) is 0 Å². The van der Waals surface area contributed by atoms with Gasteiger partial charge in [0.2, 0.25) is 5.91 Å². The van der Waals surface area contributed by atoms with Gasteiger partial charge in [-0.25, -0.2) is 4.79 Å². The van der Waals surface area contributed by atoms with Crippen molar-refractivity contribution in [1.29, 1.82) is 0 Å². The first kappa shape index (κ1) is 21.9. The number of carbonyl (C=O) groups excluding carboxylic acids is 3. The summed E-state index contributed by atoms with van der Waals surface area (Å²) in [5, 5.41) is 4.77. The smallest absolute Gasteiger partial charge is 0.416 e. The van der Waals surface area contributed by atoms with Crippen molar-refractivity contribution in [2.45, 2.75) is 18.6 Å². The van der Waals surface area contributed by atoms with Crippen LogP contribution in [0.4, 0.5) is 13.2 Å². The Morgan fingerprint density at radius 1 is 1.03 bits per heavy atom. The van der Waals surface area contributed by atoms with E-state index in [1.54, 1.807) is 30.3 Å². The fraction of sp³-hybridized carbons (Fsp3) is 0.250. The zero-order valence-corrected chi connectivity index (χ0v) is 15.5. The number of nitrogens with one attached hydrogen (secondary N) is 2. The lowest BCUT2D eigenvalue weighted by Gasteiger charge is -2.17. The minimum absolute atomic E-state index is 0.198. The van der Waals surface area contributed by atoms with Crippen molar-refractivity contribution in [3.05, 3.63) is 71.3 Å². The summed E-state index contributed by atoms with van der Waals surface area (Å²) in [7, 11) is 1.10. The van der Waals surface area contributed by atoms with E-state index in [9.17, 15) is 27.6 Å². The number of carbonyl (C=O) groups is 3. The normalized spacial score (nSPS) is 12.0. The van der Waals surface area contributed by atoms with Crippen LogP contribution < -0.4 is 10.6 Å². The lowest BCUT2D eigenvalue weighted by Crippen LogP contribution is -2.47. The maximum absolute atomic E-state index is 12.9. The number of hydrogen-bond acceptors (Lipinski definition) is 4. The number of ether oxygens (including phenoxy) is 1. The summed E-state index contributed by atoms with van der Waals surface area (Å²) in [4.78, 5) is 36.0. The van der Waals surface area contributed by atoms with E-state index in [1.807, 2.05) is 0 Å². The maximum Gasteiger partial charge on any atom is 0.416 e. The summed E-state index contributed by atoms with van der Waals surface area (Å²) in [5.74, 6) is -1.98. The van der Waals surface area contributed by atoms with Gasteiger partial charge in [0.25, 0.3) is 5.91 Å². The van der Waals surface area contributed by atoms with E-state index in [0.29, 0.717) is 5.56 Å². The van der Waals surface area contributed by atoms with E-state index in [4.69, 9.17) is 0 Å². The van der Waals surface area contributed by atoms with E-state index in [-0.39, 0.29) is 12.0 Å². The molecule has 0 aromatic heterocycles. The van der Waals surface area contributed by atoms with Crippen molar-refractivity contribution in [2.24, 2.45) is 0 Å². The molecule has 6 nitrogen and oxygen atoms in total. The van der Waals surface area contributed by atoms with Gasteiger partial charge in [0.15, 0.2) is 0 Å². The zero-order chi connectivity index (χ0) is 21.4. The summed E-state index contributed by atoms with van der Waals surface area (Å²) >= 11 is 0. The quantitative estimate of drug-likeness (QED) is 0.689. The highest BCUT2D eigenvalue weighted by molar-refractivity contribution is 5.96. The second-order valence-electron chi connectivity index (χ2n) is 6.09. The third-order valence-corrected chi connectivity index (χ3v) is 3.96. The Balaban J connectivity index is 2.01. The van der Waals surface area contributed by atoms with Crippen LogP contribution in [0.3, 0.4) is 0 Å². The highest BCUT2D eigenvalue weighted by Gasteiger charge is 2.31. The predicted octanol–water partition coefficient (Wildman–Crippen LogP) is 2.34. The highest BCUT2D eigenvalue weighted by atomic mass is 19.4. The average Bonchev–Trinajstić information content (AvgIpc) is 2.71. The minimum Gasteiger partial charge on any atom is -0.467 e. The molecule has 0 saturated heterocycles. The molecule has 0 aliphatic heterocycles. The van der Waals surface area contributed by atoms with Gasteiger partial charge in [-0.1, -0.05) is 36.4 Å². The fourth-order valence-electron chi connectivity index (χ4n) is 2.54. The first-order chi connectivity index (χ1) is 13.7. The van der Waals surface area contributed by atoms with E-state index >= 15 is 0 Å². The minimum atomic E-state index is -4.53. The number of methoxy groups -OCH3 is 1. The van der Waals surface area contributed by atoms with E-state index in [2.05, 4.69) is 15.4 Å². The number of benzene rings is 2. The van der Waals surface area contributed by atoms with Crippen LogP contribution in [0.15, 0.2) is 54.6 Å². The molecule has 0 aliphatic rings. The van der Waals surface area contributed by atoms with Crippen LogP contribution in [0.1, 0.15) is 21.5 Å². The summed E-state index contributed by atoms with van der Waals surface area (Å²) in [6.45, 7) is -0.413. The third kappa shape index (κ3) is 6.63. The molecule has 2 aromatic carbocycles. The Bertz CT molecular complexity index is 870. The number of rotatable bonds is 7. The van der Waals surface area contributed by atoms with Crippen molar-refractivity contribution in [3.63, 3.8) is 0 Å². The molecule has 154 valence electrons. The first-order valence-electron chi connectivity index (χ1n) is 8.57. The van der Waals surface area contributed by atoms with Gasteiger partial charge in [-0.3, -0.25) is 9.59 Å². The number of hydrogen-bond donors (Lipinski definition) is 2. The van der Waals surface area contributed by atoms with Crippen molar-refractivity contribution in [3.8, 4) is 0 Å². The van der Waals surface area contributed by atoms with Crippen LogP contribution in [0.5, 0.6) is 0 Å². The lowest BCUT2D eigenvalue weighted by molar-refractivity contribution is -0.144. The summed E-state index contributed by atoms with van der Waals surface area (Å²) in [6, 6.07) is 11.4. The third-order valence-electron chi connectivity index (χ3n) is 3.96. The molecule has 0 spiro atoms. The maximum atomic E-state index is 12.9. The number of esters is 1. The summed E-state index contributed by atoms with van der Waals surface area (Å²) < 4.78 is 43.2. The van der Waals surface area contributed by atoms with E-state index < -0.39 is 42.1 Å². The summed E-state index contributed by atoms with van der Waals surface area (Å²) in [5.41, 5.74) is -0.308. The fourth-order valence-corrected chi connectivity index (χ4v) is 2.54. The predicted molar refractivity (Wildman–Crippen MR) is 97.9 cm³/mol. The Labute approximate surface area is 165 Å². The van der Waals surface area contributed by atoms with Crippen molar-refractivity contribution >= 4 is 17.8 Å². The molecule has 2 aromatic rings. The molecule has 2 N–H and O–H groups in total. The molecule has 29 heavy (non-hydrogen) atoms. The van der Waals surface area contributed by atoms with Gasteiger partial charge in [0, 0.05) is 12.0 Å². The first-order valence-corrected chi connectivity index (χ1v) is 8.57. The molecular weight excluding hydrogens is 389 g/mol. The van der Waals surface area contributed by atoms with Crippen molar-refractivity contribution in [2.75, 3.05) is 13.7 Å². The van der Waals surface area contributed by atoms with Gasteiger partial charge in [-0.2, -0.15) is 13.2 Å². The van der Waals surface area contributed by atoms with Crippen molar-refractivity contribution < 1.29 is 32.3 Å². The van der Waals surface area contributed by atoms with Crippen LogP contribution in [0.25, 0.3) is 0 Å². The van der Waals surface area contributed by atoms with Gasteiger partial charge < -0.3 is 15.4 Å². The van der Waals surface area contributed by atoms with Crippen LogP contribution in [0.2, 0.25) is 0 Å². The zero-order valence-electron chi connectivity index (χ0n) is 15.5. The molecule has 0 saturated carbocycles. The number of amides is 2. The molecule has 0 radical (unpaired) electrons. The van der Waals surface area contributed by atoms with Gasteiger partial charge in [-0.05, 0) is 23.8 Å². The number of alkyl halides is 3. The topological polar surface area (TPSA) is 84.5 Å². The summed E-state index contributed by atoms with van der Waals surface area (Å²) in [6.07, 6.45) is -4.73. The molecule has 0 heterocycles. The standard InChI is InChI=1S/C20H19F3N2O4/c1-29-19(28)16(11-13-6-5-9-15(10-13)20(21,22)23)25-17(26)12-24-18(27)14-7-3-2-4-8-14/h2-10,16H,11-12H2,1H3,(H,24,27)(H,25,26)/t16-/m0/s1. The lowest BCUT2D eigenvalue weighted by atomic mass is 10.0. The molecule has 1 atom stereocenters. The van der Waals surface area contributed by atoms with Gasteiger partial charge in [0.05, 0.1) is 19.2 Å². The van der Waals surface area contributed by atoms with Crippen molar-refractivity contribution in [1.82, 2.24) is 10.6 Å². The van der Waals surface area contributed by atoms with Crippen LogP contribution in [-0.4, -0.2) is 37.5 Å². The molecule has 9 heteroatoms. The molecule has 0 bridgehead atoms. The van der Waals surface area contributed by atoms with Gasteiger partial charge in [0.1, 0.15) is 6.04 Å². The molecule has 0 fully saturated rings. The Hall–Kier alpha value is -3.36. The molecule has 2 amide bonds. The molecular formula is C20H19F3N2O4. The second-order valence-corrected chi connectivity index (χ2v) is 6.09. The Morgan fingerprint density at radius 2 is 1.72 bits per heavy atom. The Morgan fingerprint density at radius 3 is 2.34 bits per heavy atom. The van der Waals surface area contributed by atoms with Gasteiger partial charge >= 0.3 is 12.1 Å². The monoisotopic (exact) mass is 408 g/mol. The highest BCUT2D eigenvalue weighted by Crippen LogP contribution is 2.29. The van der Waals surface area contributed by atoms with Gasteiger partial charge in [-0.15, -0.1) is 0 Å². The van der Waals surface area contributed by atoms with Crippen LogP contribution in [-0.2, 0) is 26.9 Å². The van der Waals surface area contributed by atoms with Crippen LogP contribution >= 0.6 is 0 Å². The SMILES string of the molecule is COC(=O)[C@H](Cc1cccc(C(F)(F)F)c1)NC(=O)CNC(=O)c1ccccc1. The van der Waals surface area contributed by atoms with E-state index in [0.717, 1.165) is 19.2 Å². The average molecular weight is 408 g/mol. The molecule has 0 unspecified atom stereocenters. The number of halogens is 3. The molecule has 2 rings (SSSR count). The van der Waals surface area contributed by atoms with E-state index in [1.165, 1.54) is 12.1 Å². The molecule has 0 aliphatic carbocycles.